The minimum atomic E-state index is -0.907. The molecule has 98 valence electrons. The molecule has 0 aliphatic rings. The summed E-state index contributed by atoms with van der Waals surface area (Å²) in [5.41, 5.74) is 2.24. The van der Waals surface area contributed by atoms with Crippen molar-refractivity contribution in [3.63, 3.8) is 0 Å². The first-order valence-corrected chi connectivity index (χ1v) is 6.43. The van der Waals surface area contributed by atoms with Gasteiger partial charge in [-0.3, -0.25) is 0 Å². The quantitative estimate of drug-likeness (QED) is 0.791. The van der Waals surface area contributed by atoms with Gasteiger partial charge in [0.1, 0.15) is 0 Å². The third-order valence-electron chi connectivity index (χ3n) is 3.20. The van der Waals surface area contributed by atoms with Crippen molar-refractivity contribution in [1.29, 1.82) is 0 Å². The average Bonchev–Trinajstić information content (AvgIpc) is 2.26. The molecule has 0 heterocycles. The van der Waals surface area contributed by atoms with E-state index in [1.807, 2.05) is 18.2 Å². The Kier molecular flexibility index (Phi) is 5.14. The lowest BCUT2D eigenvalue weighted by atomic mass is 9.78. The number of carboxylic acid groups (broad SMARTS) is 1. The minimum Gasteiger partial charge on any atom is -0.478 e. The molecule has 1 aromatic carbocycles. The first kappa shape index (κ1) is 14.5. The van der Waals surface area contributed by atoms with E-state index in [0.717, 1.165) is 5.56 Å². The largest absolute Gasteiger partial charge is 0.478 e. The van der Waals surface area contributed by atoms with Crippen LogP contribution in [0.2, 0.25) is 0 Å². The molecule has 1 N–H and O–H groups in total. The van der Waals surface area contributed by atoms with Crippen molar-refractivity contribution in [2.45, 2.75) is 33.6 Å². The summed E-state index contributed by atoms with van der Waals surface area (Å²) in [7, 11) is 0. The molecule has 0 saturated heterocycles. The van der Waals surface area contributed by atoms with E-state index in [1.54, 1.807) is 6.08 Å². The van der Waals surface area contributed by atoms with Crippen LogP contribution in [0.25, 0.3) is 6.08 Å². The molecule has 0 radical (unpaired) electrons. The number of hydrogen-bond acceptors (Lipinski definition) is 1. The maximum atomic E-state index is 10.6. The summed E-state index contributed by atoms with van der Waals surface area (Å²) >= 11 is 0. The van der Waals surface area contributed by atoms with Crippen molar-refractivity contribution in [1.82, 2.24) is 0 Å². The lowest BCUT2D eigenvalue weighted by Gasteiger charge is -2.27. The van der Waals surface area contributed by atoms with Crippen LogP contribution in [0.15, 0.2) is 30.3 Å². The smallest absolute Gasteiger partial charge is 0.328 e. The predicted molar refractivity (Wildman–Crippen MR) is 75.5 cm³/mol. The van der Waals surface area contributed by atoms with E-state index in [9.17, 15) is 4.79 Å². The number of aliphatic carboxylic acids is 1. The van der Waals surface area contributed by atoms with Gasteiger partial charge in [-0.1, -0.05) is 52.0 Å². The molecule has 1 aromatic rings. The first-order chi connectivity index (χ1) is 8.43. The van der Waals surface area contributed by atoms with Gasteiger partial charge in [0.15, 0.2) is 0 Å². The predicted octanol–water partition coefficient (Wildman–Crippen LogP) is 4.18. The second-order valence-corrected chi connectivity index (χ2v) is 5.31. The highest BCUT2D eigenvalue weighted by Gasteiger charge is 2.21. The van der Waals surface area contributed by atoms with Gasteiger partial charge in [-0.25, -0.2) is 4.79 Å². The van der Waals surface area contributed by atoms with Gasteiger partial charge in [0.2, 0.25) is 0 Å². The standard InChI is InChI=1S/C16H22O2/c1-11(2)16(12(3)4)14-8-6-5-7-13(14)9-10-15(17)18/h5-12,16H,1-4H3,(H,17,18)/b10-9+. The Bertz CT molecular complexity index is 422. The summed E-state index contributed by atoms with van der Waals surface area (Å²) in [4.78, 5) is 10.6. The van der Waals surface area contributed by atoms with Crippen molar-refractivity contribution in [2.75, 3.05) is 0 Å². The van der Waals surface area contributed by atoms with Gasteiger partial charge in [0.25, 0.3) is 0 Å². The van der Waals surface area contributed by atoms with Crippen LogP contribution in [-0.2, 0) is 4.79 Å². The van der Waals surface area contributed by atoms with Gasteiger partial charge in [-0.05, 0) is 35.0 Å². The van der Waals surface area contributed by atoms with Crippen LogP contribution >= 0.6 is 0 Å². The Labute approximate surface area is 109 Å². The summed E-state index contributed by atoms with van der Waals surface area (Å²) in [6.07, 6.45) is 2.89. The second-order valence-electron chi connectivity index (χ2n) is 5.31. The van der Waals surface area contributed by atoms with Gasteiger partial charge in [0.05, 0.1) is 0 Å². The molecule has 0 atom stereocenters. The van der Waals surface area contributed by atoms with Crippen molar-refractivity contribution in [3.05, 3.63) is 41.5 Å². The molecule has 0 amide bonds. The van der Waals surface area contributed by atoms with Gasteiger partial charge in [0, 0.05) is 6.08 Å². The van der Waals surface area contributed by atoms with Crippen LogP contribution in [-0.4, -0.2) is 11.1 Å². The monoisotopic (exact) mass is 246 g/mol. The second kappa shape index (κ2) is 6.39. The van der Waals surface area contributed by atoms with E-state index < -0.39 is 5.97 Å². The fraction of sp³-hybridized carbons (Fsp3) is 0.438. The van der Waals surface area contributed by atoms with Gasteiger partial charge in [-0.2, -0.15) is 0 Å². The van der Waals surface area contributed by atoms with Gasteiger partial charge >= 0.3 is 5.97 Å². The maximum absolute atomic E-state index is 10.6. The molecule has 0 spiro atoms. The molecule has 0 aliphatic carbocycles. The maximum Gasteiger partial charge on any atom is 0.328 e. The van der Waals surface area contributed by atoms with Crippen LogP contribution in [0.3, 0.4) is 0 Å². The zero-order chi connectivity index (χ0) is 13.7. The fourth-order valence-corrected chi connectivity index (χ4v) is 2.62. The first-order valence-electron chi connectivity index (χ1n) is 6.43. The molecule has 0 fully saturated rings. The van der Waals surface area contributed by atoms with Crippen molar-refractivity contribution in [2.24, 2.45) is 11.8 Å². The van der Waals surface area contributed by atoms with E-state index in [-0.39, 0.29) is 0 Å². The molecular weight excluding hydrogens is 224 g/mol. The third-order valence-corrected chi connectivity index (χ3v) is 3.20. The number of rotatable bonds is 5. The van der Waals surface area contributed by atoms with Crippen molar-refractivity contribution < 1.29 is 9.90 Å². The summed E-state index contributed by atoms with van der Waals surface area (Å²) in [5.74, 6) is 0.601. The van der Waals surface area contributed by atoms with E-state index in [4.69, 9.17) is 5.11 Å². The van der Waals surface area contributed by atoms with Crippen LogP contribution in [0.1, 0.15) is 44.7 Å². The Morgan fingerprint density at radius 3 is 2.17 bits per heavy atom. The molecule has 0 aliphatic heterocycles. The molecule has 18 heavy (non-hydrogen) atoms. The van der Waals surface area contributed by atoms with E-state index in [2.05, 4.69) is 33.8 Å². The number of benzene rings is 1. The summed E-state index contributed by atoms with van der Waals surface area (Å²) < 4.78 is 0. The number of carbonyl (C=O) groups is 1. The lowest BCUT2D eigenvalue weighted by molar-refractivity contribution is -0.131. The topological polar surface area (TPSA) is 37.3 Å². The SMILES string of the molecule is CC(C)C(c1ccccc1/C=C/C(=O)O)C(C)C. The molecule has 0 bridgehead atoms. The Morgan fingerprint density at radius 2 is 1.67 bits per heavy atom. The Balaban J connectivity index is 3.18. The number of hydrogen-bond donors (Lipinski definition) is 1. The Morgan fingerprint density at radius 1 is 1.11 bits per heavy atom. The Hall–Kier alpha value is -1.57. The molecule has 0 aromatic heterocycles. The number of carboxylic acids is 1. The van der Waals surface area contributed by atoms with E-state index in [1.165, 1.54) is 11.6 Å². The molecule has 2 heteroatoms. The van der Waals surface area contributed by atoms with Crippen LogP contribution in [0, 0.1) is 11.8 Å². The molecule has 2 nitrogen and oxygen atoms in total. The minimum absolute atomic E-state index is 0.444. The average molecular weight is 246 g/mol. The van der Waals surface area contributed by atoms with Crippen LogP contribution < -0.4 is 0 Å². The summed E-state index contributed by atoms with van der Waals surface area (Å²) in [6, 6.07) is 8.05. The zero-order valence-electron chi connectivity index (χ0n) is 11.6. The van der Waals surface area contributed by atoms with Crippen molar-refractivity contribution >= 4 is 12.0 Å². The fourth-order valence-electron chi connectivity index (χ4n) is 2.62. The van der Waals surface area contributed by atoms with Crippen LogP contribution in [0.5, 0.6) is 0 Å². The lowest BCUT2D eigenvalue weighted by Crippen LogP contribution is -2.14. The molecule has 1 rings (SSSR count). The highest BCUT2D eigenvalue weighted by atomic mass is 16.4. The summed E-state index contributed by atoms with van der Waals surface area (Å²) in [5, 5.41) is 8.74. The highest BCUT2D eigenvalue weighted by molar-refractivity contribution is 5.85. The van der Waals surface area contributed by atoms with Gasteiger partial charge in [-0.15, -0.1) is 0 Å². The van der Waals surface area contributed by atoms with Crippen molar-refractivity contribution in [3.8, 4) is 0 Å². The summed E-state index contributed by atoms with van der Waals surface area (Å²) in [6.45, 7) is 8.84. The van der Waals surface area contributed by atoms with E-state index >= 15 is 0 Å². The third kappa shape index (κ3) is 3.73. The highest BCUT2D eigenvalue weighted by Crippen LogP contribution is 2.34. The molecule has 0 unspecified atom stereocenters. The normalized spacial score (nSPS) is 11.9. The zero-order valence-corrected chi connectivity index (χ0v) is 11.6. The molecule has 0 saturated carbocycles. The van der Waals surface area contributed by atoms with Crippen LogP contribution in [0.4, 0.5) is 0 Å². The molecular formula is C16H22O2. The van der Waals surface area contributed by atoms with Gasteiger partial charge < -0.3 is 5.11 Å². The van der Waals surface area contributed by atoms with E-state index in [0.29, 0.717) is 17.8 Å².